The number of phenols is 1. The third kappa shape index (κ3) is 4.20. The van der Waals surface area contributed by atoms with Crippen molar-refractivity contribution in [2.24, 2.45) is 0 Å². The van der Waals surface area contributed by atoms with Gasteiger partial charge in [0.2, 0.25) is 11.5 Å². The van der Waals surface area contributed by atoms with Crippen LogP contribution in [0.25, 0.3) is 0 Å². The summed E-state index contributed by atoms with van der Waals surface area (Å²) in [5.74, 6) is -0.0371. The van der Waals surface area contributed by atoms with Gasteiger partial charge in [0.1, 0.15) is 5.75 Å². The van der Waals surface area contributed by atoms with E-state index in [9.17, 15) is 14.7 Å². The third-order valence-electron chi connectivity index (χ3n) is 3.42. The number of aromatic hydroxyl groups is 1. The Balaban J connectivity index is 2.12. The molecule has 0 unspecified atom stereocenters. The molecule has 0 heterocycles. The summed E-state index contributed by atoms with van der Waals surface area (Å²) in [5, 5.41) is 9.21. The molecule has 0 aliphatic carbocycles. The lowest BCUT2D eigenvalue weighted by molar-refractivity contribution is 0.0474. The van der Waals surface area contributed by atoms with Crippen LogP contribution in [-0.4, -0.2) is 44.8 Å². The Morgan fingerprint density at radius 3 is 1.92 bits per heavy atom. The van der Waals surface area contributed by atoms with Crippen LogP contribution in [0, 0.1) is 0 Å². The average molecular weight is 346 g/mol. The van der Waals surface area contributed by atoms with Crippen LogP contribution in [0.15, 0.2) is 36.4 Å². The van der Waals surface area contributed by atoms with E-state index < -0.39 is 18.4 Å². The number of ether oxygens (including phenoxy) is 4. The largest absolute Gasteiger partial charge is 0.508 e. The Bertz CT molecular complexity index is 740. The number of Topliss-reactive ketones (excluding diaryl/α,β-unsaturated/α-hetero) is 1. The van der Waals surface area contributed by atoms with Crippen LogP contribution >= 0.6 is 0 Å². The molecule has 0 aromatic heterocycles. The van der Waals surface area contributed by atoms with Gasteiger partial charge in [0.15, 0.2) is 18.1 Å². The number of phenolic OH excluding ortho intramolecular Hbond substituents is 1. The van der Waals surface area contributed by atoms with Crippen molar-refractivity contribution in [1.29, 1.82) is 0 Å². The zero-order valence-corrected chi connectivity index (χ0v) is 14.1. The maximum absolute atomic E-state index is 12.3. The Morgan fingerprint density at radius 1 is 0.880 bits per heavy atom. The third-order valence-corrected chi connectivity index (χ3v) is 3.42. The molecule has 2 aromatic rings. The fraction of sp³-hybridized carbons (Fsp3) is 0.222. The first kappa shape index (κ1) is 18.1. The van der Waals surface area contributed by atoms with Gasteiger partial charge in [-0.25, -0.2) is 4.79 Å². The van der Waals surface area contributed by atoms with Crippen LogP contribution in [0.5, 0.6) is 23.0 Å². The van der Waals surface area contributed by atoms with Crippen molar-refractivity contribution in [3.63, 3.8) is 0 Å². The second-order valence-corrected chi connectivity index (χ2v) is 4.96. The minimum absolute atomic E-state index is 0.0325. The summed E-state index contributed by atoms with van der Waals surface area (Å²) in [6.07, 6.45) is 0. The van der Waals surface area contributed by atoms with Gasteiger partial charge in [0.05, 0.1) is 26.9 Å². The van der Waals surface area contributed by atoms with E-state index in [-0.39, 0.29) is 16.9 Å². The molecule has 0 saturated heterocycles. The number of hydrogen-bond acceptors (Lipinski definition) is 7. The summed E-state index contributed by atoms with van der Waals surface area (Å²) in [6, 6.07) is 8.49. The molecule has 0 aliphatic rings. The molecule has 0 saturated carbocycles. The van der Waals surface area contributed by atoms with Crippen LogP contribution in [0.1, 0.15) is 20.7 Å². The van der Waals surface area contributed by atoms with Crippen molar-refractivity contribution in [3.05, 3.63) is 47.5 Å². The van der Waals surface area contributed by atoms with Gasteiger partial charge in [0, 0.05) is 5.56 Å². The monoisotopic (exact) mass is 346 g/mol. The van der Waals surface area contributed by atoms with Crippen molar-refractivity contribution in [3.8, 4) is 23.0 Å². The lowest BCUT2D eigenvalue weighted by atomic mass is 10.1. The van der Waals surface area contributed by atoms with Crippen molar-refractivity contribution in [2.75, 3.05) is 27.9 Å². The van der Waals surface area contributed by atoms with Crippen LogP contribution in [0.4, 0.5) is 0 Å². The minimum Gasteiger partial charge on any atom is -0.508 e. The smallest absolute Gasteiger partial charge is 0.338 e. The Morgan fingerprint density at radius 2 is 1.44 bits per heavy atom. The van der Waals surface area contributed by atoms with Gasteiger partial charge in [-0.2, -0.15) is 0 Å². The first-order chi connectivity index (χ1) is 12.0. The highest BCUT2D eigenvalue weighted by Crippen LogP contribution is 2.38. The van der Waals surface area contributed by atoms with Gasteiger partial charge in [-0.1, -0.05) is 0 Å². The number of benzene rings is 2. The lowest BCUT2D eigenvalue weighted by Crippen LogP contribution is -2.14. The molecule has 7 heteroatoms. The molecule has 0 radical (unpaired) electrons. The molecule has 0 amide bonds. The standard InChI is InChI=1S/C18H18O7/c1-22-15-8-12(9-16(23-2)17(15)24-3)14(20)10-25-18(21)11-4-6-13(19)7-5-11/h4-9,19H,10H2,1-3H3. The van der Waals surface area contributed by atoms with Crippen LogP contribution in [0.2, 0.25) is 0 Å². The van der Waals surface area contributed by atoms with Crippen molar-refractivity contribution < 1.29 is 33.6 Å². The number of ketones is 1. The molecule has 25 heavy (non-hydrogen) atoms. The van der Waals surface area contributed by atoms with Gasteiger partial charge in [-0.05, 0) is 36.4 Å². The van der Waals surface area contributed by atoms with Gasteiger partial charge in [-0.3, -0.25) is 4.79 Å². The molecule has 2 aromatic carbocycles. The van der Waals surface area contributed by atoms with Gasteiger partial charge in [-0.15, -0.1) is 0 Å². The molecular weight excluding hydrogens is 328 g/mol. The summed E-state index contributed by atoms with van der Waals surface area (Å²) < 4.78 is 20.6. The van der Waals surface area contributed by atoms with Crippen LogP contribution in [-0.2, 0) is 4.74 Å². The topological polar surface area (TPSA) is 91.3 Å². The molecule has 2 rings (SSSR count). The first-order valence-electron chi connectivity index (χ1n) is 7.29. The van der Waals surface area contributed by atoms with E-state index in [1.165, 1.54) is 57.7 Å². The summed E-state index contributed by atoms with van der Waals surface area (Å²) in [5.41, 5.74) is 0.489. The van der Waals surface area contributed by atoms with Crippen molar-refractivity contribution in [1.82, 2.24) is 0 Å². The number of esters is 1. The Hall–Kier alpha value is -3.22. The quantitative estimate of drug-likeness (QED) is 0.608. The Labute approximate surface area is 144 Å². The maximum atomic E-state index is 12.3. The molecule has 132 valence electrons. The maximum Gasteiger partial charge on any atom is 0.338 e. The van der Waals surface area contributed by atoms with Gasteiger partial charge >= 0.3 is 5.97 Å². The van der Waals surface area contributed by atoms with Gasteiger partial charge in [0.25, 0.3) is 0 Å². The van der Waals surface area contributed by atoms with E-state index in [1.54, 1.807) is 0 Å². The number of rotatable bonds is 7. The molecule has 0 spiro atoms. The average Bonchev–Trinajstić information content (AvgIpc) is 2.64. The SMILES string of the molecule is COc1cc(C(=O)COC(=O)c2ccc(O)cc2)cc(OC)c1OC. The highest BCUT2D eigenvalue weighted by atomic mass is 16.5. The lowest BCUT2D eigenvalue weighted by Gasteiger charge is -2.13. The molecule has 0 bridgehead atoms. The van der Waals surface area contributed by atoms with Gasteiger partial charge < -0.3 is 24.1 Å². The molecule has 0 atom stereocenters. The van der Waals surface area contributed by atoms with E-state index >= 15 is 0 Å². The number of carbonyl (C=O) groups excluding carboxylic acids is 2. The summed E-state index contributed by atoms with van der Waals surface area (Å²) in [6.45, 7) is -0.446. The zero-order valence-electron chi connectivity index (χ0n) is 14.1. The van der Waals surface area contributed by atoms with E-state index in [0.29, 0.717) is 17.2 Å². The predicted molar refractivity (Wildman–Crippen MR) is 88.8 cm³/mol. The summed E-state index contributed by atoms with van der Waals surface area (Å²) >= 11 is 0. The summed E-state index contributed by atoms with van der Waals surface area (Å²) in [4.78, 5) is 24.2. The molecule has 7 nitrogen and oxygen atoms in total. The fourth-order valence-electron chi connectivity index (χ4n) is 2.14. The number of hydrogen-bond donors (Lipinski definition) is 1. The first-order valence-corrected chi connectivity index (χ1v) is 7.29. The molecule has 1 N–H and O–H groups in total. The van der Waals surface area contributed by atoms with Crippen molar-refractivity contribution >= 4 is 11.8 Å². The molecular formula is C18H18O7. The minimum atomic E-state index is -0.666. The number of methoxy groups -OCH3 is 3. The molecule has 0 fully saturated rings. The summed E-state index contributed by atoms with van der Waals surface area (Å²) in [7, 11) is 4.34. The molecule has 0 aliphatic heterocycles. The predicted octanol–water partition coefficient (Wildman–Crippen LogP) is 2.46. The second-order valence-electron chi connectivity index (χ2n) is 4.96. The van der Waals surface area contributed by atoms with Crippen LogP contribution in [0.3, 0.4) is 0 Å². The van der Waals surface area contributed by atoms with Crippen molar-refractivity contribution in [2.45, 2.75) is 0 Å². The van der Waals surface area contributed by atoms with E-state index in [0.717, 1.165) is 0 Å². The van der Waals surface area contributed by atoms with E-state index in [4.69, 9.17) is 18.9 Å². The van der Waals surface area contributed by atoms with Crippen LogP contribution < -0.4 is 14.2 Å². The highest BCUT2D eigenvalue weighted by Gasteiger charge is 2.18. The second kappa shape index (κ2) is 8.05. The van der Waals surface area contributed by atoms with E-state index in [1.807, 2.05) is 0 Å². The highest BCUT2D eigenvalue weighted by molar-refractivity contribution is 6.00. The fourth-order valence-corrected chi connectivity index (χ4v) is 2.14. The van der Waals surface area contributed by atoms with E-state index in [2.05, 4.69) is 0 Å². The zero-order chi connectivity index (χ0) is 18.4. The number of carbonyl (C=O) groups is 2. The normalized spacial score (nSPS) is 10.0. The Kier molecular flexibility index (Phi) is 5.84.